The normalized spacial score (nSPS) is 11.7. The molecule has 0 saturated heterocycles. The minimum Gasteiger partial charge on any atom is -0.501 e. The third-order valence-electron chi connectivity index (χ3n) is 3.46. The van der Waals surface area contributed by atoms with Crippen LogP contribution in [-0.4, -0.2) is 11.0 Å². The zero-order valence-electron chi connectivity index (χ0n) is 13.6. The van der Waals surface area contributed by atoms with Gasteiger partial charge in [-0.2, -0.15) is 0 Å². The Balaban J connectivity index is 2.06. The molecule has 124 valence electrons. The Bertz CT molecular complexity index is 829. The fraction of sp³-hybridized carbons (Fsp3) is 0.158. The van der Waals surface area contributed by atoms with Gasteiger partial charge in [0.2, 0.25) is 16.9 Å². The van der Waals surface area contributed by atoms with Crippen LogP contribution in [0.15, 0.2) is 64.0 Å². The maximum Gasteiger partial charge on any atom is 0.291 e. The van der Waals surface area contributed by atoms with Gasteiger partial charge in [0, 0.05) is 12.6 Å². The molecule has 24 heavy (non-hydrogen) atoms. The molecule has 0 aliphatic rings. The predicted molar refractivity (Wildman–Crippen MR) is 92.7 cm³/mol. The second-order valence-corrected chi connectivity index (χ2v) is 5.09. The first kappa shape index (κ1) is 17.3. The predicted octanol–water partition coefficient (Wildman–Crippen LogP) is 3.25. The van der Waals surface area contributed by atoms with Gasteiger partial charge in [0.1, 0.15) is 0 Å². The highest BCUT2D eigenvalue weighted by atomic mass is 16.4. The number of allylic oxidation sites excluding steroid dienone is 4. The lowest BCUT2D eigenvalue weighted by Gasteiger charge is -2.07. The summed E-state index contributed by atoms with van der Waals surface area (Å²) in [5, 5.41) is 12.2. The van der Waals surface area contributed by atoms with E-state index in [0.29, 0.717) is 0 Å². The molecule has 2 aromatic rings. The van der Waals surface area contributed by atoms with E-state index < -0.39 is 17.1 Å². The Kier molecular flexibility index (Phi) is 5.73. The zero-order valence-corrected chi connectivity index (χ0v) is 13.6. The Morgan fingerprint density at radius 1 is 1.21 bits per heavy atom. The average molecular weight is 325 g/mol. The van der Waals surface area contributed by atoms with Crippen molar-refractivity contribution in [2.24, 2.45) is 0 Å². The van der Waals surface area contributed by atoms with Crippen molar-refractivity contribution in [3.8, 4) is 5.75 Å². The summed E-state index contributed by atoms with van der Waals surface area (Å²) in [6.07, 6.45) is 7.10. The first-order chi connectivity index (χ1) is 11.6. The van der Waals surface area contributed by atoms with Crippen molar-refractivity contribution in [2.45, 2.75) is 20.4 Å². The van der Waals surface area contributed by atoms with E-state index in [1.807, 2.05) is 56.3 Å². The third-order valence-corrected chi connectivity index (χ3v) is 3.46. The summed E-state index contributed by atoms with van der Waals surface area (Å²) < 4.78 is 4.90. The molecule has 1 aromatic heterocycles. The molecule has 1 heterocycles. The molecule has 1 amide bonds. The quantitative estimate of drug-likeness (QED) is 0.827. The molecule has 0 fully saturated rings. The van der Waals surface area contributed by atoms with Gasteiger partial charge in [-0.1, -0.05) is 42.5 Å². The van der Waals surface area contributed by atoms with Gasteiger partial charge >= 0.3 is 0 Å². The Morgan fingerprint density at radius 2 is 1.92 bits per heavy atom. The number of amides is 1. The first-order valence-electron chi connectivity index (χ1n) is 7.54. The largest absolute Gasteiger partial charge is 0.501 e. The average Bonchev–Trinajstić information content (AvgIpc) is 2.60. The molecule has 2 rings (SSSR count). The van der Waals surface area contributed by atoms with Gasteiger partial charge < -0.3 is 14.8 Å². The standard InChI is InChI=1S/C19H19NO4/c1-3-5-14(4-2)15-8-6-13(7-9-15)12-20-19(23)18-17(22)16(21)10-11-24-18/h3-11,22H,12H2,1-2H3,(H,20,23)/b5-3-,14-4+. The number of nitrogens with one attached hydrogen (secondary N) is 1. The molecule has 2 N–H and O–H groups in total. The molecule has 0 aliphatic carbocycles. The summed E-state index contributed by atoms with van der Waals surface area (Å²) in [6.45, 7) is 4.19. The first-order valence-corrected chi connectivity index (χ1v) is 7.54. The van der Waals surface area contributed by atoms with E-state index in [0.717, 1.165) is 29.0 Å². The van der Waals surface area contributed by atoms with Crippen LogP contribution in [0.4, 0.5) is 0 Å². The number of aromatic hydroxyl groups is 1. The van der Waals surface area contributed by atoms with Crippen molar-refractivity contribution in [3.63, 3.8) is 0 Å². The highest BCUT2D eigenvalue weighted by molar-refractivity contribution is 5.93. The molecule has 0 radical (unpaired) electrons. The molecule has 0 unspecified atom stereocenters. The number of carbonyl (C=O) groups is 1. The lowest BCUT2D eigenvalue weighted by Crippen LogP contribution is -2.24. The van der Waals surface area contributed by atoms with E-state index in [2.05, 4.69) is 5.32 Å². The van der Waals surface area contributed by atoms with E-state index in [4.69, 9.17) is 4.42 Å². The molecule has 0 atom stereocenters. The lowest BCUT2D eigenvalue weighted by molar-refractivity contribution is 0.0915. The van der Waals surface area contributed by atoms with E-state index in [-0.39, 0.29) is 12.3 Å². The number of benzene rings is 1. The zero-order chi connectivity index (χ0) is 17.5. The third kappa shape index (κ3) is 4.01. The minimum atomic E-state index is -0.686. The molecule has 5 heteroatoms. The smallest absolute Gasteiger partial charge is 0.291 e. The molecule has 0 saturated carbocycles. The van der Waals surface area contributed by atoms with E-state index in [9.17, 15) is 14.7 Å². The Hall–Kier alpha value is -3.08. The fourth-order valence-corrected chi connectivity index (χ4v) is 2.19. The van der Waals surface area contributed by atoms with Crippen LogP contribution < -0.4 is 10.7 Å². The van der Waals surface area contributed by atoms with Gasteiger partial charge in [-0.05, 0) is 30.5 Å². The second kappa shape index (κ2) is 7.97. The maximum atomic E-state index is 12.0. The highest BCUT2D eigenvalue weighted by Gasteiger charge is 2.16. The van der Waals surface area contributed by atoms with E-state index >= 15 is 0 Å². The van der Waals surface area contributed by atoms with Crippen LogP contribution in [0.25, 0.3) is 5.57 Å². The number of rotatable bonds is 5. The van der Waals surface area contributed by atoms with Crippen LogP contribution in [0.2, 0.25) is 0 Å². The summed E-state index contributed by atoms with van der Waals surface area (Å²) in [6, 6.07) is 8.80. The summed E-state index contributed by atoms with van der Waals surface area (Å²) in [5.41, 5.74) is 2.43. The van der Waals surface area contributed by atoms with Gasteiger partial charge in [0.25, 0.3) is 5.91 Å². The van der Waals surface area contributed by atoms with Gasteiger partial charge in [0.05, 0.1) is 6.26 Å². The van der Waals surface area contributed by atoms with Crippen LogP contribution in [0.3, 0.4) is 0 Å². The molecule has 5 nitrogen and oxygen atoms in total. The van der Waals surface area contributed by atoms with Crippen LogP contribution in [0.1, 0.15) is 35.5 Å². The van der Waals surface area contributed by atoms with Crippen molar-refractivity contribution < 1.29 is 14.3 Å². The SMILES string of the molecule is C/C=C\C(=C/C)c1ccc(CNC(=O)c2occc(=O)c2O)cc1. The number of carbonyl (C=O) groups excluding carboxylic acids is 1. The van der Waals surface area contributed by atoms with Crippen LogP contribution in [0.5, 0.6) is 5.75 Å². The Morgan fingerprint density at radius 3 is 2.54 bits per heavy atom. The fourth-order valence-electron chi connectivity index (χ4n) is 2.19. The van der Waals surface area contributed by atoms with Crippen LogP contribution >= 0.6 is 0 Å². The van der Waals surface area contributed by atoms with Crippen molar-refractivity contribution in [1.82, 2.24) is 5.32 Å². The maximum absolute atomic E-state index is 12.0. The summed E-state index contributed by atoms with van der Waals surface area (Å²) in [5.74, 6) is -1.71. The molecule has 0 aliphatic heterocycles. The Labute approximate surface area is 140 Å². The molecular weight excluding hydrogens is 306 g/mol. The topological polar surface area (TPSA) is 79.5 Å². The summed E-state index contributed by atoms with van der Waals surface area (Å²) in [4.78, 5) is 23.3. The summed E-state index contributed by atoms with van der Waals surface area (Å²) in [7, 11) is 0. The number of hydrogen-bond donors (Lipinski definition) is 2. The molecule has 0 bridgehead atoms. The minimum absolute atomic E-state index is 0.256. The van der Waals surface area contributed by atoms with Crippen molar-refractivity contribution in [2.75, 3.05) is 0 Å². The lowest BCUT2D eigenvalue weighted by atomic mass is 10.0. The molecule has 0 spiro atoms. The van der Waals surface area contributed by atoms with E-state index in [1.54, 1.807) is 0 Å². The van der Waals surface area contributed by atoms with Gasteiger partial charge in [-0.25, -0.2) is 0 Å². The molecular formula is C19H19NO4. The van der Waals surface area contributed by atoms with E-state index in [1.165, 1.54) is 0 Å². The van der Waals surface area contributed by atoms with Gasteiger partial charge in [-0.3, -0.25) is 9.59 Å². The van der Waals surface area contributed by atoms with Gasteiger partial charge in [-0.15, -0.1) is 0 Å². The van der Waals surface area contributed by atoms with Crippen LogP contribution in [0, 0.1) is 0 Å². The highest BCUT2D eigenvalue weighted by Crippen LogP contribution is 2.17. The number of hydrogen-bond acceptors (Lipinski definition) is 4. The van der Waals surface area contributed by atoms with Crippen molar-refractivity contribution in [3.05, 3.63) is 81.9 Å². The van der Waals surface area contributed by atoms with Crippen molar-refractivity contribution in [1.29, 1.82) is 0 Å². The van der Waals surface area contributed by atoms with Crippen molar-refractivity contribution >= 4 is 11.5 Å². The van der Waals surface area contributed by atoms with Crippen LogP contribution in [-0.2, 0) is 6.54 Å². The summed E-state index contributed by atoms with van der Waals surface area (Å²) >= 11 is 0. The monoisotopic (exact) mass is 325 g/mol. The molecule has 1 aromatic carbocycles. The second-order valence-electron chi connectivity index (χ2n) is 5.09. The van der Waals surface area contributed by atoms with Gasteiger partial charge in [0.15, 0.2) is 0 Å².